The Bertz CT molecular complexity index is 336. The first-order chi connectivity index (χ1) is 7.72. The number of carboxylic acid groups (broad SMARTS) is 1. The van der Waals surface area contributed by atoms with Gasteiger partial charge in [-0.2, -0.15) is 0 Å². The molecule has 0 rings (SSSR count). The van der Waals surface area contributed by atoms with Crippen molar-refractivity contribution >= 4 is 12.1 Å². The second-order valence-corrected chi connectivity index (χ2v) is 4.36. The number of rotatable bonds is 3. The first-order valence-electron chi connectivity index (χ1n) is 5.13. The maximum atomic E-state index is 11.1. The number of carboxylic acids is 1. The van der Waals surface area contributed by atoms with Gasteiger partial charge in [0.2, 0.25) is 0 Å². The summed E-state index contributed by atoms with van der Waals surface area (Å²) < 4.78 is 4.97. The molecule has 0 aliphatic heterocycles. The summed E-state index contributed by atoms with van der Waals surface area (Å²) in [7, 11) is 0. The third kappa shape index (κ3) is 9.20. The van der Waals surface area contributed by atoms with E-state index in [-0.39, 0.29) is 13.0 Å². The van der Waals surface area contributed by atoms with E-state index in [1.54, 1.807) is 20.8 Å². The van der Waals surface area contributed by atoms with E-state index in [9.17, 15) is 9.59 Å². The van der Waals surface area contributed by atoms with Crippen LogP contribution in [0.3, 0.4) is 0 Å². The zero-order chi connectivity index (χ0) is 13.5. The first-order valence-corrected chi connectivity index (χ1v) is 5.13. The lowest BCUT2D eigenvalue weighted by Crippen LogP contribution is -2.32. The molecule has 1 atom stereocenters. The van der Waals surface area contributed by atoms with Crippen molar-refractivity contribution in [1.82, 2.24) is 5.32 Å². The van der Waals surface area contributed by atoms with E-state index in [0.29, 0.717) is 0 Å². The molecule has 6 nitrogen and oxygen atoms in total. The van der Waals surface area contributed by atoms with E-state index >= 15 is 0 Å². The number of nitrogens with two attached hydrogens (primary N) is 1. The minimum Gasteiger partial charge on any atom is -0.480 e. The maximum Gasteiger partial charge on any atom is 0.408 e. The molecule has 0 saturated carbocycles. The highest BCUT2D eigenvalue weighted by Crippen LogP contribution is 2.05. The molecule has 0 aromatic carbocycles. The van der Waals surface area contributed by atoms with Crippen LogP contribution in [0.4, 0.5) is 4.79 Å². The number of ether oxygens (including phenoxy) is 1. The van der Waals surface area contributed by atoms with Crippen LogP contribution in [0.25, 0.3) is 0 Å². The van der Waals surface area contributed by atoms with E-state index in [2.05, 4.69) is 17.2 Å². The van der Waals surface area contributed by atoms with E-state index < -0.39 is 23.7 Å². The third-order valence-electron chi connectivity index (χ3n) is 1.48. The van der Waals surface area contributed by atoms with Crippen molar-refractivity contribution in [3.8, 4) is 11.8 Å². The van der Waals surface area contributed by atoms with E-state index in [0.717, 1.165) is 0 Å². The van der Waals surface area contributed by atoms with Gasteiger partial charge in [-0.05, 0) is 20.8 Å². The summed E-state index contributed by atoms with van der Waals surface area (Å²) in [4.78, 5) is 21.5. The highest BCUT2D eigenvalue weighted by atomic mass is 16.6. The zero-order valence-electron chi connectivity index (χ0n) is 10.2. The van der Waals surface area contributed by atoms with Crippen molar-refractivity contribution in [3.63, 3.8) is 0 Å². The molecule has 0 fully saturated rings. The van der Waals surface area contributed by atoms with Crippen molar-refractivity contribution < 1.29 is 19.4 Å². The number of carbonyl (C=O) groups is 2. The van der Waals surface area contributed by atoms with E-state index in [4.69, 9.17) is 15.6 Å². The molecule has 0 radical (unpaired) electrons. The monoisotopic (exact) mass is 242 g/mol. The second kappa shape index (κ2) is 6.76. The Kier molecular flexibility index (Phi) is 6.07. The number of aliphatic carboxylic acids is 1. The van der Waals surface area contributed by atoms with Crippen LogP contribution in [0, 0.1) is 11.8 Å². The lowest BCUT2D eigenvalue weighted by molar-refractivity contribution is -0.138. The van der Waals surface area contributed by atoms with Crippen LogP contribution in [0.2, 0.25) is 0 Å². The average molecular weight is 242 g/mol. The Morgan fingerprint density at radius 2 is 2.00 bits per heavy atom. The standard InChI is InChI=1S/C11H18N2O4/c1-11(2,3)17-10(16)13-7-5-4-6-8(12)9(14)15/h8H,6-7,12H2,1-3H3,(H,13,16)(H,14,15)/t8-/m0/s1. The molecule has 6 heteroatoms. The van der Waals surface area contributed by atoms with Crippen molar-refractivity contribution in [2.75, 3.05) is 6.54 Å². The Morgan fingerprint density at radius 1 is 1.41 bits per heavy atom. The summed E-state index contributed by atoms with van der Waals surface area (Å²) in [5, 5.41) is 10.9. The predicted molar refractivity (Wildman–Crippen MR) is 62.2 cm³/mol. The highest BCUT2D eigenvalue weighted by molar-refractivity contribution is 5.73. The first kappa shape index (κ1) is 15.3. The van der Waals surface area contributed by atoms with Crippen LogP contribution < -0.4 is 11.1 Å². The topological polar surface area (TPSA) is 102 Å². The van der Waals surface area contributed by atoms with Crippen LogP contribution in [-0.2, 0) is 9.53 Å². The lowest BCUT2D eigenvalue weighted by atomic mass is 10.2. The van der Waals surface area contributed by atoms with E-state index in [1.807, 2.05) is 0 Å². The van der Waals surface area contributed by atoms with E-state index in [1.165, 1.54) is 0 Å². The van der Waals surface area contributed by atoms with Crippen molar-refractivity contribution in [2.45, 2.75) is 38.8 Å². The average Bonchev–Trinajstić information content (AvgIpc) is 2.13. The summed E-state index contributed by atoms with van der Waals surface area (Å²) in [5.41, 5.74) is 4.68. The third-order valence-corrected chi connectivity index (χ3v) is 1.48. The van der Waals surface area contributed by atoms with Crippen molar-refractivity contribution in [1.29, 1.82) is 0 Å². The van der Waals surface area contributed by atoms with Crippen molar-refractivity contribution in [2.24, 2.45) is 5.73 Å². The van der Waals surface area contributed by atoms with Gasteiger partial charge in [0.15, 0.2) is 0 Å². The molecule has 0 unspecified atom stereocenters. The smallest absolute Gasteiger partial charge is 0.408 e. The molecule has 0 aliphatic rings. The van der Waals surface area contributed by atoms with Gasteiger partial charge in [-0.15, -0.1) is 0 Å². The second-order valence-electron chi connectivity index (χ2n) is 4.36. The van der Waals surface area contributed by atoms with Crippen LogP contribution in [0.15, 0.2) is 0 Å². The summed E-state index contributed by atoms with van der Waals surface area (Å²) >= 11 is 0. The fourth-order valence-electron chi connectivity index (χ4n) is 0.762. The summed E-state index contributed by atoms with van der Waals surface area (Å²) in [6, 6.07) is -0.996. The van der Waals surface area contributed by atoms with Gasteiger partial charge in [0.05, 0.1) is 6.54 Å². The van der Waals surface area contributed by atoms with Gasteiger partial charge in [0.1, 0.15) is 11.6 Å². The predicted octanol–water partition coefficient (Wildman–Crippen LogP) is 0.317. The van der Waals surface area contributed by atoms with Gasteiger partial charge >= 0.3 is 12.1 Å². The molecule has 1 amide bonds. The summed E-state index contributed by atoms with van der Waals surface area (Å²) in [6.45, 7) is 5.36. The lowest BCUT2D eigenvalue weighted by Gasteiger charge is -2.19. The zero-order valence-corrected chi connectivity index (χ0v) is 10.2. The fourth-order valence-corrected chi connectivity index (χ4v) is 0.762. The quantitative estimate of drug-likeness (QED) is 0.618. The Hall–Kier alpha value is -1.74. The van der Waals surface area contributed by atoms with Gasteiger partial charge in [-0.3, -0.25) is 4.79 Å². The molecule has 0 spiro atoms. The van der Waals surface area contributed by atoms with Gasteiger partial charge in [0, 0.05) is 6.42 Å². The molecule has 4 N–H and O–H groups in total. The number of hydrogen-bond donors (Lipinski definition) is 3. The number of alkyl carbamates (subject to hydrolysis) is 1. The normalized spacial score (nSPS) is 12.0. The van der Waals surface area contributed by atoms with Gasteiger partial charge in [0.25, 0.3) is 0 Å². The fraction of sp³-hybridized carbons (Fsp3) is 0.636. The molecular weight excluding hydrogens is 224 g/mol. The van der Waals surface area contributed by atoms with Gasteiger partial charge in [-0.1, -0.05) is 11.8 Å². The number of hydrogen-bond acceptors (Lipinski definition) is 4. The molecular formula is C11H18N2O4. The summed E-state index contributed by atoms with van der Waals surface area (Å²) in [5.74, 6) is 4.04. The molecule has 0 saturated heterocycles. The SMILES string of the molecule is CC(C)(C)OC(=O)NCC#CC[C@H](N)C(=O)O. The van der Waals surface area contributed by atoms with Crippen LogP contribution >= 0.6 is 0 Å². The van der Waals surface area contributed by atoms with Crippen LogP contribution in [0.5, 0.6) is 0 Å². The van der Waals surface area contributed by atoms with Crippen LogP contribution in [-0.4, -0.2) is 35.4 Å². The van der Waals surface area contributed by atoms with Crippen LogP contribution in [0.1, 0.15) is 27.2 Å². The maximum absolute atomic E-state index is 11.1. The molecule has 0 heterocycles. The Labute approximate surface area is 101 Å². The number of nitrogens with one attached hydrogen (secondary N) is 1. The Balaban J connectivity index is 3.81. The Morgan fingerprint density at radius 3 is 2.47 bits per heavy atom. The number of carbonyl (C=O) groups excluding carboxylic acids is 1. The molecule has 17 heavy (non-hydrogen) atoms. The van der Waals surface area contributed by atoms with Crippen molar-refractivity contribution in [3.05, 3.63) is 0 Å². The minimum absolute atomic E-state index is 0.0470. The largest absolute Gasteiger partial charge is 0.480 e. The molecule has 0 aromatic rings. The molecule has 0 aliphatic carbocycles. The summed E-state index contributed by atoms with van der Waals surface area (Å²) in [6.07, 6.45) is -0.514. The molecule has 0 aromatic heterocycles. The van der Waals surface area contributed by atoms with Gasteiger partial charge in [-0.25, -0.2) is 4.79 Å². The van der Waals surface area contributed by atoms with Gasteiger partial charge < -0.3 is 20.9 Å². The molecule has 0 bridgehead atoms. The molecule has 96 valence electrons. The minimum atomic E-state index is -1.10. The number of amides is 1. The highest BCUT2D eigenvalue weighted by Gasteiger charge is 2.15.